The maximum atomic E-state index is 13.6. The lowest BCUT2D eigenvalue weighted by molar-refractivity contribution is 0.159. The van der Waals surface area contributed by atoms with Gasteiger partial charge in [-0.2, -0.15) is 5.10 Å². The number of imidazole rings is 1. The number of para-hydroxylation sites is 1. The third-order valence-electron chi connectivity index (χ3n) is 8.12. The van der Waals surface area contributed by atoms with Crippen LogP contribution in [0.2, 0.25) is 0 Å². The number of nitrogens with zero attached hydrogens (tertiary/aromatic N) is 6. The first kappa shape index (κ1) is 28.5. The number of carbonyl (C=O) groups excluding carboxylic acids is 1. The number of amides is 2. The summed E-state index contributed by atoms with van der Waals surface area (Å²) in [6, 6.07) is 21.6. The zero-order valence-corrected chi connectivity index (χ0v) is 24.6. The van der Waals surface area contributed by atoms with Gasteiger partial charge in [0.2, 0.25) is 0 Å². The molecule has 222 valence electrons. The van der Waals surface area contributed by atoms with E-state index in [4.69, 9.17) is 9.84 Å². The second-order valence-electron chi connectivity index (χ2n) is 10.9. The average Bonchev–Trinajstić information content (AvgIpc) is 3.69. The van der Waals surface area contributed by atoms with Crippen molar-refractivity contribution >= 4 is 23.0 Å². The third kappa shape index (κ3) is 5.74. The molecule has 4 heterocycles. The first-order valence-electron chi connectivity index (χ1n) is 14.4. The molecule has 3 aromatic heterocycles. The molecule has 0 saturated carbocycles. The van der Waals surface area contributed by atoms with E-state index in [1.165, 1.54) is 5.56 Å². The fraction of sp³-hybridized carbons (Fsp3) is 0.312. The molecule has 0 radical (unpaired) electrons. The molecule has 2 atom stereocenters. The predicted molar refractivity (Wildman–Crippen MR) is 165 cm³/mol. The molecule has 0 aliphatic carbocycles. The lowest BCUT2D eigenvalue weighted by Crippen LogP contribution is -2.42. The van der Waals surface area contributed by atoms with Gasteiger partial charge in [-0.1, -0.05) is 48.5 Å². The largest absolute Gasteiger partial charge is 0.388 e. The van der Waals surface area contributed by atoms with Crippen molar-refractivity contribution in [1.29, 1.82) is 0 Å². The number of aliphatic hydroxyl groups excluding tert-OH is 1. The molecular formula is C32H36N8O3. The SMILES string of the molecule is COCCN1C[C@@H](NC(=O)Nc2c(C)c(-c3cnc4c(c3)nc(CO)n4C)nn2-c2ccccc2)[C@H](c2ccccc2)C1. The highest BCUT2D eigenvalue weighted by molar-refractivity contribution is 5.91. The molecule has 3 N–H and O–H groups in total. The summed E-state index contributed by atoms with van der Waals surface area (Å²) in [6.07, 6.45) is 1.75. The Kier molecular flexibility index (Phi) is 8.19. The number of methoxy groups -OCH3 is 1. The number of urea groups is 1. The number of ether oxygens (including phenoxy) is 1. The van der Waals surface area contributed by atoms with Crippen molar-refractivity contribution < 1.29 is 14.6 Å². The topological polar surface area (TPSA) is 122 Å². The second-order valence-corrected chi connectivity index (χ2v) is 10.9. The van der Waals surface area contributed by atoms with Gasteiger partial charge in [-0.15, -0.1) is 0 Å². The molecule has 0 bridgehead atoms. The smallest absolute Gasteiger partial charge is 0.320 e. The molecule has 11 nitrogen and oxygen atoms in total. The molecule has 1 aliphatic rings. The Hall–Kier alpha value is -4.58. The first-order chi connectivity index (χ1) is 21.0. The minimum absolute atomic E-state index is 0.0800. The van der Waals surface area contributed by atoms with Gasteiger partial charge in [-0.25, -0.2) is 19.4 Å². The monoisotopic (exact) mass is 580 g/mol. The van der Waals surface area contributed by atoms with Gasteiger partial charge in [0.15, 0.2) is 5.65 Å². The summed E-state index contributed by atoms with van der Waals surface area (Å²) in [7, 11) is 3.53. The van der Waals surface area contributed by atoms with Crippen LogP contribution in [0, 0.1) is 6.92 Å². The Morgan fingerprint density at radius 3 is 2.56 bits per heavy atom. The molecule has 1 fully saturated rings. The second kappa shape index (κ2) is 12.3. The van der Waals surface area contributed by atoms with Crippen molar-refractivity contribution in [3.8, 4) is 16.9 Å². The molecule has 5 aromatic rings. The van der Waals surface area contributed by atoms with E-state index in [-0.39, 0.29) is 24.6 Å². The number of aromatic nitrogens is 5. The summed E-state index contributed by atoms with van der Waals surface area (Å²) in [5.74, 6) is 1.26. The van der Waals surface area contributed by atoms with Crippen LogP contribution in [0.4, 0.5) is 10.6 Å². The highest BCUT2D eigenvalue weighted by atomic mass is 16.5. The maximum Gasteiger partial charge on any atom is 0.320 e. The molecule has 1 aliphatic heterocycles. The molecule has 1 saturated heterocycles. The molecular weight excluding hydrogens is 544 g/mol. The molecule has 2 aromatic carbocycles. The van der Waals surface area contributed by atoms with Gasteiger partial charge in [0.25, 0.3) is 0 Å². The van der Waals surface area contributed by atoms with Crippen molar-refractivity contribution in [1.82, 2.24) is 34.5 Å². The van der Waals surface area contributed by atoms with Crippen molar-refractivity contribution in [3.05, 3.63) is 89.9 Å². The number of aliphatic hydroxyl groups is 1. The van der Waals surface area contributed by atoms with Crippen LogP contribution in [0.3, 0.4) is 0 Å². The third-order valence-corrected chi connectivity index (χ3v) is 8.12. The number of aryl methyl sites for hydroxylation is 1. The van der Waals surface area contributed by atoms with Gasteiger partial charge in [0.1, 0.15) is 23.8 Å². The standard InChI is InChI=1S/C32H36N8O3/c1-21-29(23-16-26-31(33-17-23)38(2)28(20-41)34-26)37-40(24-12-8-5-9-13-24)30(21)36-32(42)35-27-19-39(14-15-43-3)18-25(27)22-10-6-4-7-11-22/h4-13,16-17,25,27,41H,14-15,18-20H2,1-3H3,(H2,35,36,42)/t25-,27+/m0/s1. The van der Waals surface area contributed by atoms with E-state index in [1.807, 2.05) is 68.6 Å². The number of carbonyl (C=O) groups is 1. The summed E-state index contributed by atoms with van der Waals surface area (Å²) in [5, 5.41) is 21.0. The Morgan fingerprint density at radius 1 is 1.09 bits per heavy atom. The average molecular weight is 581 g/mol. The Labute approximate surface area is 250 Å². The Morgan fingerprint density at radius 2 is 1.84 bits per heavy atom. The van der Waals surface area contributed by atoms with E-state index in [1.54, 1.807) is 22.6 Å². The number of pyridine rings is 1. The number of hydrogen-bond donors (Lipinski definition) is 3. The van der Waals surface area contributed by atoms with Gasteiger partial charge in [-0.3, -0.25) is 10.2 Å². The van der Waals surface area contributed by atoms with Crippen LogP contribution in [-0.2, 0) is 18.4 Å². The number of nitrogens with one attached hydrogen (secondary N) is 2. The van der Waals surface area contributed by atoms with Crippen LogP contribution < -0.4 is 10.6 Å². The van der Waals surface area contributed by atoms with Crippen LogP contribution >= 0.6 is 0 Å². The van der Waals surface area contributed by atoms with E-state index in [0.717, 1.165) is 36.4 Å². The Bertz CT molecular complexity index is 1720. The zero-order chi connectivity index (χ0) is 29.9. The van der Waals surface area contributed by atoms with Crippen molar-refractivity contribution in [2.24, 2.45) is 7.05 Å². The maximum absolute atomic E-state index is 13.6. The minimum atomic E-state index is -0.294. The van der Waals surface area contributed by atoms with Crippen LogP contribution in [0.5, 0.6) is 0 Å². The van der Waals surface area contributed by atoms with E-state index < -0.39 is 0 Å². The van der Waals surface area contributed by atoms with Crippen LogP contribution in [0.25, 0.3) is 28.1 Å². The molecule has 2 amide bonds. The van der Waals surface area contributed by atoms with E-state index >= 15 is 0 Å². The summed E-state index contributed by atoms with van der Waals surface area (Å²) in [6.45, 7) is 4.77. The van der Waals surface area contributed by atoms with Crippen LogP contribution in [0.1, 0.15) is 22.9 Å². The molecule has 11 heteroatoms. The molecule has 0 unspecified atom stereocenters. The lowest BCUT2D eigenvalue weighted by Gasteiger charge is -2.21. The summed E-state index contributed by atoms with van der Waals surface area (Å²) < 4.78 is 8.83. The van der Waals surface area contributed by atoms with E-state index in [9.17, 15) is 9.90 Å². The first-order valence-corrected chi connectivity index (χ1v) is 14.4. The van der Waals surface area contributed by atoms with Gasteiger partial charge >= 0.3 is 6.03 Å². The highest BCUT2D eigenvalue weighted by Crippen LogP contribution is 2.32. The number of benzene rings is 2. The quantitative estimate of drug-likeness (QED) is 0.242. The predicted octanol–water partition coefficient (Wildman–Crippen LogP) is 3.86. The van der Waals surface area contributed by atoms with Gasteiger partial charge in [0.05, 0.1) is 24.0 Å². The van der Waals surface area contributed by atoms with E-state index in [0.29, 0.717) is 35.1 Å². The molecule has 0 spiro atoms. The van der Waals surface area contributed by atoms with Crippen molar-refractivity contribution in [2.75, 3.05) is 38.7 Å². The fourth-order valence-electron chi connectivity index (χ4n) is 5.85. The number of fused-ring (bicyclic) bond motifs is 1. The highest BCUT2D eigenvalue weighted by Gasteiger charge is 2.35. The fourth-order valence-corrected chi connectivity index (χ4v) is 5.85. The number of anilines is 1. The normalized spacial score (nSPS) is 17.0. The van der Waals surface area contributed by atoms with Gasteiger partial charge in [0, 0.05) is 57.0 Å². The number of hydrogen-bond acceptors (Lipinski definition) is 7. The molecule has 43 heavy (non-hydrogen) atoms. The van der Waals surface area contributed by atoms with Crippen molar-refractivity contribution in [3.63, 3.8) is 0 Å². The molecule has 6 rings (SSSR count). The Balaban J connectivity index is 1.31. The van der Waals surface area contributed by atoms with Crippen LogP contribution in [0.15, 0.2) is 72.9 Å². The number of likely N-dealkylation sites (tertiary alicyclic amines) is 1. The van der Waals surface area contributed by atoms with Gasteiger partial charge in [-0.05, 0) is 30.7 Å². The minimum Gasteiger partial charge on any atom is -0.388 e. The van der Waals surface area contributed by atoms with Crippen LogP contribution in [-0.4, -0.2) is 79.7 Å². The van der Waals surface area contributed by atoms with Crippen molar-refractivity contribution in [2.45, 2.75) is 25.5 Å². The van der Waals surface area contributed by atoms with E-state index in [2.05, 4.69) is 37.6 Å². The lowest BCUT2D eigenvalue weighted by atomic mass is 9.94. The summed E-state index contributed by atoms with van der Waals surface area (Å²) in [4.78, 5) is 25.1. The summed E-state index contributed by atoms with van der Waals surface area (Å²) >= 11 is 0. The summed E-state index contributed by atoms with van der Waals surface area (Å²) in [5.41, 5.74) is 5.59. The zero-order valence-electron chi connectivity index (χ0n) is 24.6. The number of rotatable bonds is 9. The van der Waals surface area contributed by atoms with Gasteiger partial charge < -0.3 is 19.7 Å².